The lowest BCUT2D eigenvalue weighted by Crippen LogP contribution is -2.41. The molecule has 1 aliphatic carbocycles. The van der Waals surface area contributed by atoms with Crippen LogP contribution in [0.4, 0.5) is 5.95 Å². The monoisotopic (exact) mass is 360 g/mol. The zero-order valence-electron chi connectivity index (χ0n) is 14.6. The van der Waals surface area contributed by atoms with Gasteiger partial charge in [0, 0.05) is 30.4 Å². The largest absolute Gasteiger partial charge is 0.369 e. The summed E-state index contributed by atoms with van der Waals surface area (Å²) >= 11 is 1.69. The van der Waals surface area contributed by atoms with E-state index < -0.39 is 0 Å². The van der Waals surface area contributed by atoms with Gasteiger partial charge in [0.25, 0.3) is 5.56 Å². The summed E-state index contributed by atoms with van der Waals surface area (Å²) in [6.45, 7) is 4.04. The number of rotatable bonds is 3. The van der Waals surface area contributed by atoms with Gasteiger partial charge in [0.2, 0.25) is 11.9 Å². The van der Waals surface area contributed by atoms with Gasteiger partial charge in [-0.3, -0.25) is 14.2 Å². The predicted molar refractivity (Wildman–Crippen MR) is 100 cm³/mol. The number of nitrogens with two attached hydrogens (primary N) is 1. The highest BCUT2D eigenvalue weighted by Crippen LogP contribution is 2.35. The molecule has 0 radical (unpaired) electrons. The Labute approximate surface area is 150 Å². The molecule has 0 atom stereocenters. The Bertz CT molecular complexity index is 877. The van der Waals surface area contributed by atoms with Crippen molar-refractivity contribution in [2.75, 3.05) is 18.0 Å². The molecule has 2 aromatic heterocycles. The van der Waals surface area contributed by atoms with Gasteiger partial charge in [0.05, 0.1) is 5.39 Å². The van der Waals surface area contributed by atoms with E-state index in [0.29, 0.717) is 6.54 Å². The summed E-state index contributed by atoms with van der Waals surface area (Å²) < 4.78 is 1.80. The fourth-order valence-electron chi connectivity index (χ4n) is 4.12. The zero-order chi connectivity index (χ0) is 17.6. The number of amides is 1. The van der Waals surface area contributed by atoms with Crippen LogP contribution in [0.5, 0.6) is 0 Å². The Kier molecular flexibility index (Phi) is 4.27. The first-order valence-electron chi connectivity index (χ1n) is 9.19. The van der Waals surface area contributed by atoms with Crippen LogP contribution >= 0.6 is 11.3 Å². The quantitative estimate of drug-likeness (QED) is 0.908. The van der Waals surface area contributed by atoms with Gasteiger partial charge >= 0.3 is 0 Å². The second kappa shape index (κ2) is 6.44. The molecule has 2 aliphatic rings. The van der Waals surface area contributed by atoms with Crippen LogP contribution in [0.3, 0.4) is 0 Å². The van der Waals surface area contributed by atoms with Crippen molar-refractivity contribution in [3.05, 3.63) is 20.8 Å². The summed E-state index contributed by atoms with van der Waals surface area (Å²) in [4.78, 5) is 33.8. The molecule has 6 nitrogen and oxygen atoms in total. The second-order valence-electron chi connectivity index (χ2n) is 7.02. The number of thiophene rings is 1. The van der Waals surface area contributed by atoms with Crippen LogP contribution in [0.2, 0.25) is 0 Å². The van der Waals surface area contributed by atoms with Gasteiger partial charge in [-0.2, -0.15) is 0 Å². The number of hydrogen-bond acceptors (Lipinski definition) is 5. The number of aryl methyl sites for hydroxylation is 2. The Balaban J connectivity index is 1.77. The lowest BCUT2D eigenvalue weighted by molar-refractivity contribution is -0.122. The third-order valence-electron chi connectivity index (χ3n) is 5.55. The minimum absolute atomic E-state index is 0.0594. The molecule has 3 heterocycles. The molecule has 25 heavy (non-hydrogen) atoms. The number of nitrogens with zero attached hydrogens (tertiary/aromatic N) is 3. The van der Waals surface area contributed by atoms with Crippen molar-refractivity contribution in [3.8, 4) is 0 Å². The van der Waals surface area contributed by atoms with E-state index in [0.717, 1.165) is 61.4 Å². The van der Waals surface area contributed by atoms with Gasteiger partial charge in [-0.25, -0.2) is 4.98 Å². The minimum atomic E-state index is -0.220. The van der Waals surface area contributed by atoms with E-state index in [1.807, 2.05) is 6.92 Å². The number of carbonyl (C=O) groups is 1. The van der Waals surface area contributed by atoms with Crippen molar-refractivity contribution in [3.63, 3.8) is 0 Å². The van der Waals surface area contributed by atoms with E-state index in [1.54, 1.807) is 15.9 Å². The topological polar surface area (TPSA) is 81.2 Å². The van der Waals surface area contributed by atoms with Crippen molar-refractivity contribution in [2.45, 2.75) is 52.0 Å². The van der Waals surface area contributed by atoms with E-state index in [1.165, 1.54) is 16.9 Å². The number of primary amides is 1. The number of anilines is 1. The maximum atomic E-state index is 13.2. The number of aromatic nitrogens is 2. The standard InChI is InChI=1S/C18H24N4O2S/c1-2-22-17(24)14-12-5-3-4-6-13(12)25-16(14)20-18(22)21-9-7-11(8-10-21)15(19)23/h11H,2-10H2,1H3,(H2,19,23). The Morgan fingerprint density at radius 2 is 2.00 bits per heavy atom. The van der Waals surface area contributed by atoms with E-state index in [-0.39, 0.29) is 17.4 Å². The van der Waals surface area contributed by atoms with Crippen LogP contribution in [0, 0.1) is 5.92 Å². The fraction of sp³-hybridized carbons (Fsp3) is 0.611. The summed E-state index contributed by atoms with van der Waals surface area (Å²) in [5, 5.41) is 0.845. The van der Waals surface area contributed by atoms with Gasteiger partial charge in [0.15, 0.2) is 0 Å². The van der Waals surface area contributed by atoms with E-state index in [4.69, 9.17) is 10.7 Å². The van der Waals surface area contributed by atoms with Gasteiger partial charge in [-0.15, -0.1) is 11.3 Å². The molecule has 0 bridgehead atoms. The molecule has 0 spiro atoms. The van der Waals surface area contributed by atoms with Crippen LogP contribution < -0.4 is 16.2 Å². The predicted octanol–water partition coefficient (Wildman–Crippen LogP) is 2.06. The SMILES string of the molecule is CCn1c(N2CCC(C(N)=O)CC2)nc2sc3c(c2c1=O)CCCC3. The molecule has 0 unspecified atom stereocenters. The summed E-state index contributed by atoms with van der Waals surface area (Å²) in [5.74, 6) is 0.472. The highest BCUT2D eigenvalue weighted by molar-refractivity contribution is 7.18. The van der Waals surface area contributed by atoms with Crippen LogP contribution in [-0.4, -0.2) is 28.5 Å². The molecule has 1 amide bonds. The van der Waals surface area contributed by atoms with E-state index in [2.05, 4.69) is 4.90 Å². The molecular weight excluding hydrogens is 336 g/mol. The summed E-state index contributed by atoms with van der Waals surface area (Å²) in [6, 6.07) is 0. The highest BCUT2D eigenvalue weighted by Gasteiger charge is 2.27. The van der Waals surface area contributed by atoms with Crippen molar-refractivity contribution in [2.24, 2.45) is 11.7 Å². The fourth-order valence-corrected chi connectivity index (χ4v) is 5.37. The number of hydrogen-bond donors (Lipinski definition) is 1. The Morgan fingerprint density at radius 1 is 1.28 bits per heavy atom. The average Bonchev–Trinajstić information content (AvgIpc) is 3.00. The summed E-state index contributed by atoms with van der Waals surface area (Å²) in [6.07, 6.45) is 5.89. The third kappa shape index (κ3) is 2.74. The molecule has 134 valence electrons. The maximum Gasteiger partial charge on any atom is 0.263 e. The Hall–Kier alpha value is -1.89. The second-order valence-corrected chi connectivity index (χ2v) is 8.10. The Morgan fingerprint density at radius 3 is 2.68 bits per heavy atom. The first kappa shape index (κ1) is 16.6. The number of fused-ring (bicyclic) bond motifs is 3. The van der Waals surface area contributed by atoms with Crippen LogP contribution in [0.1, 0.15) is 43.0 Å². The molecule has 2 aromatic rings. The van der Waals surface area contributed by atoms with Gasteiger partial charge in [-0.1, -0.05) is 0 Å². The van der Waals surface area contributed by atoms with Crippen molar-refractivity contribution < 1.29 is 4.79 Å². The number of piperidine rings is 1. The smallest absolute Gasteiger partial charge is 0.263 e. The lowest BCUT2D eigenvalue weighted by atomic mass is 9.96. The van der Waals surface area contributed by atoms with Crippen LogP contribution in [0.25, 0.3) is 10.2 Å². The van der Waals surface area contributed by atoms with Gasteiger partial charge in [-0.05, 0) is 51.0 Å². The molecule has 1 saturated heterocycles. The molecule has 7 heteroatoms. The maximum absolute atomic E-state index is 13.2. The molecule has 1 fully saturated rings. The minimum Gasteiger partial charge on any atom is -0.369 e. The lowest BCUT2D eigenvalue weighted by Gasteiger charge is -2.32. The first-order valence-corrected chi connectivity index (χ1v) is 10.0. The molecule has 4 rings (SSSR count). The van der Waals surface area contributed by atoms with Crippen molar-refractivity contribution >= 4 is 33.4 Å². The average molecular weight is 360 g/mol. The van der Waals surface area contributed by atoms with Gasteiger partial charge < -0.3 is 10.6 Å². The van der Waals surface area contributed by atoms with Crippen LogP contribution in [-0.2, 0) is 24.2 Å². The highest BCUT2D eigenvalue weighted by atomic mass is 32.1. The molecular formula is C18H24N4O2S. The van der Waals surface area contributed by atoms with Gasteiger partial charge in [0.1, 0.15) is 4.83 Å². The molecule has 2 N–H and O–H groups in total. The normalized spacial score (nSPS) is 18.5. The summed E-state index contributed by atoms with van der Waals surface area (Å²) in [5.41, 5.74) is 6.77. The number of carbonyl (C=O) groups excluding carboxylic acids is 1. The third-order valence-corrected chi connectivity index (χ3v) is 6.74. The van der Waals surface area contributed by atoms with E-state index in [9.17, 15) is 9.59 Å². The van der Waals surface area contributed by atoms with Crippen molar-refractivity contribution in [1.82, 2.24) is 9.55 Å². The van der Waals surface area contributed by atoms with Crippen molar-refractivity contribution in [1.29, 1.82) is 0 Å². The molecule has 0 saturated carbocycles. The first-order chi connectivity index (χ1) is 12.1. The van der Waals surface area contributed by atoms with E-state index >= 15 is 0 Å². The zero-order valence-corrected chi connectivity index (χ0v) is 15.4. The van der Waals surface area contributed by atoms with Crippen LogP contribution in [0.15, 0.2) is 4.79 Å². The molecule has 1 aliphatic heterocycles. The molecule has 0 aromatic carbocycles. The summed E-state index contributed by atoms with van der Waals surface area (Å²) in [7, 11) is 0.